The van der Waals surface area contributed by atoms with Gasteiger partial charge in [-0.1, -0.05) is 13.8 Å². The van der Waals surface area contributed by atoms with Crippen LogP contribution >= 0.6 is 0 Å². The Labute approximate surface area is 121 Å². The predicted octanol–water partition coefficient (Wildman–Crippen LogP) is 3.29. The van der Waals surface area contributed by atoms with Crippen molar-refractivity contribution in [3.05, 3.63) is 29.8 Å². The highest BCUT2D eigenvalue weighted by Crippen LogP contribution is 2.20. The number of carbonyl (C=O) groups excluding carboxylic acids is 1. The maximum Gasteiger partial charge on any atom is 0.166 e. The highest BCUT2D eigenvalue weighted by Gasteiger charge is 2.21. The SMILES string of the molecule is CC(C)CCOc1ccc(C(=O)C2CCNCC2)cc1. The van der Waals surface area contributed by atoms with Gasteiger partial charge in [-0.2, -0.15) is 0 Å². The molecule has 2 rings (SSSR count). The summed E-state index contributed by atoms with van der Waals surface area (Å²) in [6.07, 6.45) is 2.95. The number of piperidine rings is 1. The van der Waals surface area contributed by atoms with Gasteiger partial charge in [0, 0.05) is 11.5 Å². The van der Waals surface area contributed by atoms with Crippen molar-refractivity contribution < 1.29 is 9.53 Å². The third-order valence-electron chi connectivity index (χ3n) is 3.81. The molecule has 20 heavy (non-hydrogen) atoms. The summed E-state index contributed by atoms with van der Waals surface area (Å²) >= 11 is 0. The van der Waals surface area contributed by atoms with Crippen LogP contribution in [0, 0.1) is 11.8 Å². The van der Waals surface area contributed by atoms with Crippen molar-refractivity contribution in [2.75, 3.05) is 19.7 Å². The molecule has 1 aliphatic heterocycles. The molecule has 1 aromatic carbocycles. The molecule has 1 saturated heterocycles. The molecule has 0 atom stereocenters. The molecule has 1 aliphatic rings. The first-order valence-electron chi connectivity index (χ1n) is 7.64. The number of benzene rings is 1. The molecule has 3 nitrogen and oxygen atoms in total. The van der Waals surface area contributed by atoms with Gasteiger partial charge in [0.2, 0.25) is 0 Å². The van der Waals surface area contributed by atoms with Gasteiger partial charge in [0.15, 0.2) is 5.78 Å². The number of carbonyl (C=O) groups is 1. The molecule has 0 saturated carbocycles. The summed E-state index contributed by atoms with van der Waals surface area (Å²) in [6, 6.07) is 7.62. The van der Waals surface area contributed by atoms with Gasteiger partial charge in [-0.05, 0) is 62.5 Å². The van der Waals surface area contributed by atoms with E-state index in [1.165, 1.54) is 0 Å². The Kier molecular flexibility index (Phi) is 5.60. The van der Waals surface area contributed by atoms with Gasteiger partial charge in [-0.3, -0.25) is 4.79 Å². The van der Waals surface area contributed by atoms with Gasteiger partial charge in [0.25, 0.3) is 0 Å². The molecule has 1 heterocycles. The van der Waals surface area contributed by atoms with Crippen LogP contribution in [0.5, 0.6) is 5.75 Å². The van der Waals surface area contributed by atoms with E-state index in [4.69, 9.17) is 4.74 Å². The minimum Gasteiger partial charge on any atom is -0.494 e. The average molecular weight is 275 g/mol. The number of Topliss-reactive ketones (excluding diaryl/α,β-unsaturated/α-hetero) is 1. The fourth-order valence-corrected chi connectivity index (χ4v) is 2.45. The normalized spacial score (nSPS) is 16.4. The van der Waals surface area contributed by atoms with Crippen molar-refractivity contribution in [2.45, 2.75) is 33.1 Å². The number of nitrogens with one attached hydrogen (secondary N) is 1. The van der Waals surface area contributed by atoms with E-state index < -0.39 is 0 Å². The van der Waals surface area contributed by atoms with Crippen LogP contribution in [-0.2, 0) is 0 Å². The van der Waals surface area contributed by atoms with Gasteiger partial charge >= 0.3 is 0 Å². The Hall–Kier alpha value is -1.35. The van der Waals surface area contributed by atoms with Gasteiger partial charge in [0.1, 0.15) is 5.75 Å². The van der Waals surface area contributed by atoms with Gasteiger partial charge in [-0.15, -0.1) is 0 Å². The second-order valence-electron chi connectivity index (χ2n) is 5.94. The molecule has 0 amide bonds. The van der Waals surface area contributed by atoms with E-state index in [0.29, 0.717) is 5.92 Å². The number of rotatable bonds is 6. The van der Waals surface area contributed by atoms with E-state index in [0.717, 1.165) is 50.3 Å². The molecule has 1 aromatic rings. The van der Waals surface area contributed by atoms with Crippen molar-refractivity contribution >= 4 is 5.78 Å². The highest BCUT2D eigenvalue weighted by molar-refractivity contribution is 5.98. The lowest BCUT2D eigenvalue weighted by Gasteiger charge is -2.21. The maximum atomic E-state index is 12.3. The molecular formula is C17H25NO2. The quantitative estimate of drug-likeness (QED) is 0.810. The summed E-state index contributed by atoms with van der Waals surface area (Å²) in [4.78, 5) is 12.3. The van der Waals surface area contributed by atoms with Crippen molar-refractivity contribution in [1.82, 2.24) is 5.32 Å². The first-order chi connectivity index (χ1) is 9.66. The molecule has 1 N–H and O–H groups in total. The molecule has 0 aromatic heterocycles. The lowest BCUT2D eigenvalue weighted by atomic mass is 9.90. The van der Waals surface area contributed by atoms with Crippen LogP contribution in [-0.4, -0.2) is 25.5 Å². The van der Waals surface area contributed by atoms with Crippen molar-refractivity contribution in [2.24, 2.45) is 11.8 Å². The Morgan fingerprint density at radius 3 is 2.50 bits per heavy atom. The van der Waals surface area contributed by atoms with Crippen LogP contribution in [0.15, 0.2) is 24.3 Å². The summed E-state index contributed by atoms with van der Waals surface area (Å²) in [5.41, 5.74) is 0.813. The Morgan fingerprint density at radius 1 is 1.25 bits per heavy atom. The largest absolute Gasteiger partial charge is 0.494 e. The molecule has 0 radical (unpaired) electrons. The summed E-state index contributed by atoms with van der Waals surface area (Å²) in [7, 11) is 0. The predicted molar refractivity (Wildman–Crippen MR) is 81.3 cm³/mol. The summed E-state index contributed by atoms with van der Waals surface area (Å²) in [5, 5.41) is 3.29. The highest BCUT2D eigenvalue weighted by atomic mass is 16.5. The van der Waals surface area contributed by atoms with Gasteiger partial charge in [0.05, 0.1) is 6.61 Å². The zero-order valence-electron chi connectivity index (χ0n) is 12.5. The third kappa shape index (κ3) is 4.34. The van der Waals surface area contributed by atoms with Crippen LogP contribution < -0.4 is 10.1 Å². The first kappa shape index (κ1) is 15.0. The van der Waals surface area contributed by atoms with E-state index in [1.807, 2.05) is 24.3 Å². The zero-order valence-corrected chi connectivity index (χ0v) is 12.5. The van der Waals surface area contributed by atoms with Gasteiger partial charge < -0.3 is 10.1 Å². The molecule has 0 spiro atoms. The number of hydrogen-bond donors (Lipinski definition) is 1. The van der Waals surface area contributed by atoms with Crippen LogP contribution in [0.4, 0.5) is 0 Å². The molecule has 110 valence electrons. The van der Waals surface area contributed by atoms with Crippen molar-refractivity contribution in [1.29, 1.82) is 0 Å². The monoisotopic (exact) mass is 275 g/mol. The second kappa shape index (κ2) is 7.44. The third-order valence-corrected chi connectivity index (χ3v) is 3.81. The maximum absolute atomic E-state index is 12.3. The zero-order chi connectivity index (χ0) is 14.4. The van der Waals surface area contributed by atoms with Crippen LogP contribution in [0.2, 0.25) is 0 Å². The summed E-state index contributed by atoms with van der Waals surface area (Å²) in [5.74, 6) is 1.97. The second-order valence-corrected chi connectivity index (χ2v) is 5.94. The van der Waals surface area contributed by atoms with E-state index in [1.54, 1.807) is 0 Å². The topological polar surface area (TPSA) is 38.3 Å². The van der Waals surface area contributed by atoms with Gasteiger partial charge in [-0.25, -0.2) is 0 Å². The minimum absolute atomic E-state index is 0.184. The molecule has 1 fully saturated rings. The first-order valence-corrected chi connectivity index (χ1v) is 7.64. The molecular weight excluding hydrogens is 250 g/mol. The van der Waals surface area contributed by atoms with E-state index in [-0.39, 0.29) is 11.7 Å². The van der Waals surface area contributed by atoms with E-state index >= 15 is 0 Å². The molecule has 0 aliphatic carbocycles. The Morgan fingerprint density at radius 2 is 1.90 bits per heavy atom. The molecule has 3 heteroatoms. The fraction of sp³-hybridized carbons (Fsp3) is 0.588. The lowest BCUT2D eigenvalue weighted by Crippen LogP contribution is -2.31. The van der Waals surface area contributed by atoms with Crippen LogP contribution in [0.1, 0.15) is 43.5 Å². The standard InChI is InChI=1S/C17H25NO2/c1-13(2)9-12-20-16-5-3-14(4-6-16)17(19)15-7-10-18-11-8-15/h3-6,13,15,18H,7-12H2,1-2H3. The number of ether oxygens (including phenoxy) is 1. The Balaban J connectivity index is 1.88. The van der Waals surface area contributed by atoms with Crippen LogP contribution in [0.25, 0.3) is 0 Å². The lowest BCUT2D eigenvalue weighted by molar-refractivity contribution is 0.0895. The molecule has 0 bridgehead atoms. The minimum atomic E-state index is 0.184. The number of ketones is 1. The Bertz CT molecular complexity index is 419. The van der Waals surface area contributed by atoms with E-state index in [9.17, 15) is 4.79 Å². The summed E-state index contributed by atoms with van der Waals surface area (Å²) < 4.78 is 5.68. The van der Waals surface area contributed by atoms with Crippen molar-refractivity contribution in [3.8, 4) is 5.75 Å². The summed E-state index contributed by atoms with van der Waals surface area (Å²) in [6.45, 7) is 7.01. The van der Waals surface area contributed by atoms with Crippen LogP contribution in [0.3, 0.4) is 0 Å². The number of hydrogen-bond acceptors (Lipinski definition) is 3. The molecule has 0 unspecified atom stereocenters. The smallest absolute Gasteiger partial charge is 0.166 e. The average Bonchev–Trinajstić information content (AvgIpc) is 2.48. The van der Waals surface area contributed by atoms with E-state index in [2.05, 4.69) is 19.2 Å². The fourth-order valence-electron chi connectivity index (χ4n) is 2.45. The van der Waals surface area contributed by atoms with Crippen molar-refractivity contribution in [3.63, 3.8) is 0 Å².